The summed E-state index contributed by atoms with van der Waals surface area (Å²) in [7, 11) is 4.10. The fraction of sp³-hybridized carbons (Fsp3) is 0.147. The van der Waals surface area contributed by atoms with E-state index in [1.807, 2.05) is 66.7 Å². The first-order valence-corrected chi connectivity index (χ1v) is 13.5. The van der Waals surface area contributed by atoms with E-state index in [4.69, 9.17) is 4.42 Å². The number of nitrogens with zero attached hydrogens (tertiary/aromatic N) is 1. The number of hydrogen-bond donors (Lipinski definition) is 0. The monoisotopic (exact) mass is 527 g/mol. The largest absolute Gasteiger partial charge is 0.455 e. The van der Waals surface area contributed by atoms with Crippen molar-refractivity contribution in [2.45, 2.75) is 26.0 Å². The molecule has 196 valence electrons. The van der Waals surface area contributed by atoms with E-state index in [0.717, 1.165) is 33.0 Å². The molecule has 0 aliphatic rings. The van der Waals surface area contributed by atoms with Gasteiger partial charge in [-0.15, -0.1) is 0 Å². The van der Waals surface area contributed by atoms with Crippen molar-refractivity contribution in [2.75, 3.05) is 0 Å². The van der Waals surface area contributed by atoms with Crippen LogP contribution < -0.4 is 0 Å². The lowest BCUT2D eigenvalue weighted by Crippen LogP contribution is -2.42. The standard InChI is InChI=1S/C34H29B2F2NO/c1-33(2,3)34(35,36)26-18-29(39-19-28(26)38)25-11-7-10-23-24-16-17-27(37)30(32(24)40-31(23)25)22-14-12-21(13-15-22)20-8-5-4-6-9-20/h4-19H,35-36H2,1-3H3. The highest BCUT2D eigenvalue weighted by Gasteiger charge is 2.36. The number of aromatic nitrogens is 1. The average Bonchev–Trinajstić information content (AvgIpc) is 3.32. The molecule has 0 radical (unpaired) electrons. The molecule has 6 heteroatoms. The first-order valence-electron chi connectivity index (χ1n) is 13.5. The van der Waals surface area contributed by atoms with Crippen molar-refractivity contribution in [1.29, 1.82) is 0 Å². The zero-order valence-corrected chi connectivity index (χ0v) is 23.3. The van der Waals surface area contributed by atoms with E-state index in [9.17, 15) is 0 Å². The number of pyridine rings is 1. The van der Waals surface area contributed by atoms with E-state index in [0.29, 0.717) is 28.0 Å². The molecule has 0 bridgehead atoms. The van der Waals surface area contributed by atoms with Gasteiger partial charge in [0.1, 0.15) is 38.5 Å². The maximum atomic E-state index is 15.4. The van der Waals surface area contributed by atoms with Gasteiger partial charge in [-0.1, -0.05) is 92.7 Å². The second-order valence-electron chi connectivity index (χ2n) is 12.0. The molecule has 0 unspecified atom stereocenters. The van der Waals surface area contributed by atoms with Crippen LogP contribution in [-0.2, 0) is 5.21 Å². The molecule has 0 saturated heterocycles. The van der Waals surface area contributed by atoms with Gasteiger partial charge < -0.3 is 4.42 Å². The molecule has 0 aliphatic carbocycles. The Labute approximate surface area is 234 Å². The van der Waals surface area contributed by atoms with Gasteiger partial charge in [0.05, 0.1) is 17.5 Å². The number of furan rings is 1. The minimum atomic E-state index is -0.446. The SMILES string of the molecule is BC(B)(c1cc(-c2cccc3c2oc2c(-c4ccc(-c5ccccc5)cc4)c(F)ccc23)ncc1F)C(C)(C)C. The summed E-state index contributed by atoms with van der Waals surface area (Å²) in [6.07, 6.45) is 1.29. The number of rotatable bonds is 4. The fourth-order valence-corrected chi connectivity index (χ4v) is 5.24. The van der Waals surface area contributed by atoms with Gasteiger partial charge in [0, 0.05) is 16.3 Å². The lowest BCUT2D eigenvalue weighted by Gasteiger charge is -2.40. The third-order valence-corrected chi connectivity index (χ3v) is 8.58. The zero-order valence-electron chi connectivity index (χ0n) is 23.3. The first kappa shape index (κ1) is 26.1. The van der Waals surface area contributed by atoms with Crippen molar-refractivity contribution < 1.29 is 13.2 Å². The maximum Gasteiger partial charge on any atom is 0.146 e. The topological polar surface area (TPSA) is 26.0 Å². The van der Waals surface area contributed by atoms with Crippen molar-refractivity contribution in [2.24, 2.45) is 5.41 Å². The van der Waals surface area contributed by atoms with Crippen molar-refractivity contribution >= 4 is 37.6 Å². The minimum absolute atomic E-state index is 0.180. The Kier molecular flexibility index (Phi) is 6.18. The number of fused-ring (bicyclic) bond motifs is 3. The lowest BCUT2D eigenvalue weighted by molar-refractivity contribution is 0.349. The van der Waals surface area contributed by atoms with Crippen LogP contribution in [-0.4, -0.2) is 20.7 Å². The van der Waals surface area contributed by atoms with Gasteiger partial charge in [0.25, 0.3) is 0 Å². The molecule has 0 atom stereocenters. The van der Waals surface area contributed by atoms with Crippen molar-refractivity contribution in [3.05, 3.63) is 114 Å². The van der Waals surface area contributed by atoms with E-state index >= 15 is 8.78 Å². The Morgan fingerprint density at radius 2 is 1.32 bits per heavy atom. The highest BCUT2D eigenvalue weighted by atomic mass is 19.1. The summed E-state index contributed by atoms with van der Waals surface area (Å²) >= 11 is 0. The smallest absolute Gasteiger partial charge is 0.146 e. The molecular weight excluding hydrogens is 498 g/mol. The van der Waals surface area contributed by atoms with Gasteiger partial charge in [-0.25, -0.2) is 8.78 Å². The minimum Gasteiger partial charge on any atom is -0.455 e. The van der Waals surface area contributed by atoms with E-state index in [1.54, 1.807) is 6.07 Å². The second-order valence-corrected chi connectivity index (χ2v) is 12.0. The van der Waals surface area contributed by atoms with Gasteiger partial charge in [0.15, 0.2) is 0 Å². The highest BCUT2D eigenvalue weighted by Crippen LogP contribution is 2.42. The van der Waals surface area contributed by atoms with Gasteiger partial charge in [-0.05, 0) is 51.9 Å². The molecule has 0 saturated carbocycles. The Bertz CT molecular complexity index is 1870. The first-order chi connectivity index (χ1) is 19.1. The lowest BCUT2D eigenvalue weighted by atomic mass is 9.41. The number of halogens is 2. The highest BCUT2D eigenvalue weighted by molar-refractivity contribution is 6.40. The number of hydrogen-bond acceptors (Lipinski definition) is 2. The van der Waals surface area contributed by atoms with Gasteiger partial charge in [-0.3, -0.25) is 4.98 Å². The predicted molar refractivity (Wildman–Crippen MR) is 166 cm³/mol. The Morgan fingerprint density at radius 3 is 2.02 bits per heavy atom. The maximum absolute atomic E-state index is 15.4. The summed E-state index contributed by atoms with van der Waals surface area (Å²) in [6, 6.07) is 28.8. The third-order valence-electron chi connectivity index (χ3n) is 8.58. The van der Waals surface area contributed by atoms with Gasteiger partial charge >= 0.3 is 0 Å². The molecule has 6 aromatic rings. The van der Waals surface area contributed by atoms with E-state index in [2.05, 4.69) is 53.6 Å². The summed E-state index contributed by atoms with van der Waals surface area (Å²) in [5.74, 6) is -0.682. The van der Waals surface area contributed by atoms with E-state index in [1.165, 1.54) is 12.3 Å². The molecule has 2 heterocycles. The molecule has 0 amide bonds. The van der Waals surface area contributed by atoms with Gasteiger partial charge in [0.2, 0.25) is 0 Å². The molecule has 2 nitrogen and oxygen atoms in total. The average molecular weight is 527 g/mol. The third kappa shape index (κ3) is 4.23. The number of para-hydroxylation sites is 1. The van der Waals surface area contributed by atoms with Crippen molar-refractivity contribution in [1.82, 2.24) is 4.98 Å². The summed E-state index contributed by atoms with van der Waals surface area (Å²) in [4.78, 5) is 4.45. The molecule has 0 spiro atoms. The molecule has 0 fully saturated rings. The normalized spacial score (nSPS) is 12.3. The van der Waals surface area contributed by atoms with Crippen LogP contribution in [0.15, 0.2) is 102 Å². The quantitative estimate of drug-likeness (QED) is 0.220. The van der Waals surface area contributed by atoms with Crippen LogP contribution in [0, 0.1) is 17.0 Å². The molecule has 40 heavy (non-hydrogen) atoms. The van der Waals surface area contributed by atoms with Gasteiger partial charge in [-0.2, -0.15) is 0 Å². The number of benzene rings is 4. The second kappa shape index (κ2) is 9.48. The van der Waals surface area contributed by atoms with Crippen molar-refractivity contribution in [3.8, 4) is 33.5 Å². The Morgan fingerprint density at radius 1 is 0.675 bits per heavy atom. The van der Waals surface area contributed by atoms with Crippen LogP contribution in [0.1, 0.15) is 26.3 Å². The van der Waals surface area contributed by atoms with Crippen LogP contribution in [0.4, 0.5) is 8.78 Å². The Hall–Kier alpha value is -4.18. The predicted octanol–water partition coefficient (Wildman–Crippen LogP) is 7.73. The molecular formula is C34H29B2F2NO. The zero-order chi connectivity index (χ0) is 28.2. The Balaban J connectivity index is 1.52. The molecule has 4 aromatic carbocycles. The van der Waals surface area contributed by atoms with Crippen LogP contribution in [0.25, 0.3) is 55.4 Å². The van der Waals surface area contributed by atoms with Crippen LogP contribution >= 0.6 is 0 Å². The summed E-state index contributed by atoms with van der Waals surface area (Å²) in [5, 5.41) is 1.23. The van der Waals surface area contributed by atoms with Crippen molar-refractivity contribution in [3.63, 3.8) is 0 Å². The summed E-state index contributed by atoms with van der Waals surface area (Å²) < 4.78 is 37.0. The molecule has 0 aliphatic heterocycles. The summed E-state index contributed by atoms with van der Waals surface area (Å²) in [6.45, 7) is 6.32. The molecule has 6 rings (SSSR count). The summed E-state index contributed by atoms with van der Waals surface area (Å²) in [5.41, 5.74) is 6.17. The van der Waals surface area contributed by atoms with E-state index in [-0.39, 0.29) is 17.0 Å². The van der Waals surface area contributed by atoms with Crippen LogP contribution in [0.5, 0.6) is 0 Å². The fourth-order valence-electron chi connectivity index (χ4n) is 5.24. The molecule has 0 N–H and O–H groups in total. The van der Waals surface area contributed by atoms with Crippen LogP contribution in [0.3, 0.4) is 0 Å². The van der Waals surface area contributed by atoms with E-state index < -0.39 is 5.21 Å². The van der Waals surface area contributed by atoms with Crippen LogP contribution in [0.2, 0.25) is 0 Å². The molecule has 2 aromatic heterocycles.